The summed E-state index contributed by atoms with van der Waals surface area (Å²) in [6.45, 7) is 0. The Morgan fingerprint density at radius 1 is 0.591 bits per heavy atom. The summed E-state index contributed by atoms with van der Waals surface area (Å²) < 4.78 is 17.8. The SMILES string of the molecule is O.O.O=C(O)O.O=P(O)(O)O.O=P(O)(O)O.[Ca+2].[Ca+2].[Ca+2].[Ca+2].[Ca+2].[Ca+2].[H-].[H-].[H-].[H-].[H-].[H-].[H-].[H-].[H-].[H-].[H-].[H-]. The third-order valence-electron chi connectivity index (χ3n) is 0. The van der Waals surface area contributed by atoms with Crippen molar-refractivity contribution in [3.05, 3.63) is 0 Å². The van der Waals surface area contributed by atoms with Crippen LogP contribution in [0.4, 0.5) is 4.79 Å². The van der Waals surface area contributed by atoms with Crippen LogP contribution in [-0.2, 0) is 9.13 Å². The first-order valence-corrected chi connectivity index (χ1v) is 5.35. The van der Waals surface area contributed by atoms with Crippen molar-refractivity contribution in [2.75, 3.05) is 0 Å². The van der Waals surface area contributed by atoms with Crippen molar-refractivity contribution in [3.63, 3.8) is 0 Å². The molecular formula is CH24Ca6O13P2. The molecule has 0 fully saturated rings. The second-order valence-electron chi connectivity index (χ2n) is 1.31. The molecule has 0 aliphatic rings. The number of phosphoric acid groups is 2. The fourth-order valence-corrected chi connectivity index (χ4v) is 0. The molecule has 0 aromatic heterocycles. The van der Waals surface area contributed by atoms with Gasteiger partial charge in [0.05, 0.1) is 0 Å². The Kier molecular flexibility index (Phi) is 134. The third-order valence-corrected chi connectivity index (χ3v) is 0. The van der Waals surface area contributed by atoms with E-state index >= 15 is 0 Å². The Morgan fingerprint density at radius 2 is 0.591 bits per heavy atom. The van der Waals surface area contributed by atoms with E-state index in [1.165, 1.54) is 0 Å². The molecule has 0 spiro atoms. The predicted octanol–water partition coefficient (Wildman–Crippen LogP) is -4.22. The molecule has 0 rings (SSSR count). The first-order valence-electron chi connectivity index (χ1n) is 2.22. The fraction of sp³-hybridized carbons (Fsp3) is 0. The molecule has 0 unspecified atom stereocenters. The van der Waals surface area contributed by atoms with Crippen LogP contribution < -0.4 is 0 Å². The summed E-state index contributed by atoms with van der Waals surface area (Å²) in [5.74, 6) is 0. The van der Waals surface area contributed by atoms with Crippen molar-refractivity contribution in [2.45, 2.75) is 0 Å². The van der Waals surface area contributed by atoms with Crippen molar-refractivity contribution in [2.24, 2.45) is 0 Å². The minimum atomic E-state index is -4.64. The molecule has 0 aliphatic heterocycles. The molecule has 0 saturated carbocycles. The molecule has 0 amide bonds. The van der Waals surface area contributed by atoms with E-state index in [1.807, 2.05) is 0 Å². The van der Waals surface area contributed by atoms with E-state index in [2.05, 4.69) is 0 Å². The third kappa shape index (κ3) is 375. The number of carbonyl (C=O) groups is 1. The van der Waals surface area contributed by atoms with Gasteiger partial charge < -0.3 is 67.6 Å². The van der Waals surface area contributed by atoms with E-state index in [1.54, 1.807) is 0 Å². The van der Waals surface area contributed by atoms with Crippen molar-refractivity contribution < 1.29 is 81.6 Å². The summed E-state index contributed by atoms with van der Waals surface area (Å²) in [5, 5.41) is 13.9. The summed E-state index contributed by atoms with van der Waals surface area (Å²) in [5.41, 5.74) is 0. The van der Waals surface area contributed by atoms with Crippen molar-refractivity contribution in [1.29, 1.82) is 0 Å². The molecule has 0 radical (unpaired) electrons. The summed E-state index contributed by atoms with van der Waals surface area (Å²) >= 11 is 0. The number of carboxylic acid groups (broad SMARTS) is 2. The topological polar surface area (TPSA) is 276 Å². The first-order chi connectivity index (χ1) is 5.73. The van der Waals surface area contributed by atoms with Gasteiger partial charge in [0.2, 0.25) is 0 Å². The second kappa shape index (κ2) is 42.1. The molecule has 13 nitrogen and oxygen atoms in total. The molecule has 22 heavy (non-hydrogen) atoms. The van der Waals surface area contributed by atoms with E-state index in [0.717, 1.165) is 0 Å². The minimum Gasteiger partial charge on any atom is -1.00 e. The van der Waals surface area contributed by atoms with Crippen LogP contribution in [0.1, 0.15) is 17.1 Å². The van der Waals surface area contributed by atoms with Gasteiger partial charge in [-0.3, -0.25) is 0 Å². The van der Waals surface area contributed by atoms with Crippen LogP contribution in [-0.4, -0.2) is 283 Å². The van der Waals surface area contributed by atoms with Crippen LogP contribution >= 0.6 is 15.6 Å². The summed E-state index contributed by atoms with van der Waals surface area (Å²) in [6.07, 6.45) is -1.83. The maximum Gasteiger partial charge on any atom is 2.00 e. The summed E-state index contributed by atoms with van der Waals surface area (Å²) in [7, 11) is -9.28. The van der Waals surface area contributed by atoms with E-state index in [-0.39, 0.29) is 255 Å². The Labute approximate surface area is 322 Å². The quantitative estimate of drug-likeness (QED) is 0.106. The van der Waals surface area contributed by atoms with Crippen LogP contribution in [0, 0.1) is 0 Å². The average molecular weight is 547 g/mol. The standard InChI is InChI=1S/CH2O3.6Ca.2H3O4P.2H2O.12H/c2-1(3)4;;;;;;;2*1-5(2,3)4;;;;;;;;;;;;;;/h(H2,2,3,4);;;;;;;2*(H3,1,2,3,4);2*1H2;;;;;;;;;;;;/q;6*+2;;;;;12*-1. The van der Waals surface area contributed by atoms with E-state index in [9.17, 15) is 0 Å². The Hall–Kier alpha value is 6.97. The molecule has 0 aromatic carbocycles. The van der Waals surface area contributed by atoms with Crippen LogP contribution in [0.15, 0.2) is 0 Å². The smallest absolute Gasteiger partial charge is 1.00 e. The first kappa shape index (κ1) is 70.2. The van der Waals surface area contributed by atoms with Crippen molar-refractivity contribution >= 4 is 248 Å². The number of hydrogen-bond acceptors (Lipinski definition) is 3. The summed E-state index contributed by atoms with van der Waals surface area (Å²) in [4.78, 5) is 51.7. The predicted molar refractivity (Wildman–Crippen MR) is 94.3 cm³/mol. The van der Waals surface area contributed by atoms with Gasteiger partial charge in [-0.25, -0.2) is 13.9 Å². The monoisotopic (exact) mass is 546 g/mol. The van der Waals surface area contributed by atoms with Gasteiger partial charge in [-0.05, 0) is 0 Å². The van der Waals surface area contributed by atoms with Gasteiger partial charge in [-0.15, -0.1) is 0 Å². The Balaban J connectivity index is -0.00000000197. The maximum atomic E-state index is 8.88. The zero-order valence-corrected chi connectivity index (χ0v) is 26.5. The molecule has 12 N–H and O–H groups in total. The van der Waals surface area contributed by atoms with Crippen LogP contribution in [0.25, 0.3) is 0 Å². The number of rotatable bonds is 0. The molecule has 0 saturated heterocycles. The second-order valence-corrected chi connectivity index (χ2v) is 3.36. The van der Waals surface area contributed by atoms with Crippen LogP contribution in [0.2, 0.25) is 0 Å². The maximum absolute atomic E-state index is 8.88. The van der Waals surface area contributed by atoms with Crippen LogP contribution in [0.3, 0.4) is 0 Å². The molecule has 0 atom stereocenters. The Bertz CT molecular complexity index is 240. The van der Waals surface area contributed by atoms with Gasteiger partial charge in [-0.2, -0.15) is 0 Å². The van der Waals surface area contributed by atoms with E-state index in [0.29, 0.717) is 0 Å². The largest absolute Gasteiger partial charge is 2.00 e. The molecule has 0 heterocycles. The van der Waals surface area contributed by atoms with Crippen molar-refractivity contribution in [1.82, 2.24) is 0 Å². The van der Waals surface area contributed by atoms with Gasteiger partial charge in [-0.1, -0.05) is 0 Å². The van der Waals surface area contributed by atoms with Gasteiger partial charge in [0.15, 0.2) is 0 Å². The van der Waals surface area contributed by atoms with Gasteiger partial charge in [0, 0.05) is 0 Å². The summed E-state index contributed by atoms with van der Waals surface area (Å²) in [6, 6.07) is 0. The molecule has 21 heteroatoms. The normalized spacial score (nSPS) is 6.45. The van der Waals surface area contributed by atoms with Crippen molar-refractivity contribution in [3.8, 4) is 0 Å². The molecular weight excluding hydrogens is 522 g/mol. The Morgan fingerprint density at radius 3 is 0.591 bits per heavy atom. The molecule has 0 bridgehead atoms. The van der Waals surface area contributed by atoms with E-state index in [4.69, 9.17) is 53.5 Å². The zero-order valence-electron chi connectivity index (χ0n) is 23.4. The number of hydrogen-bond donors (Lipinski definition) is 8. The van der Waals surface area contributed by atoms with Gasteiger partial charge in [0.1, 0.15) is 0 Å². The van der Waals surface area contributed by atoms with Gasteiger partial charge in [0.25, 0.3) is 0 Å². The molecule has 128 valence electrons. The van der Waals surface area contributed by atoms with E-state index < -0.39 is 21.8 Å². The molecule has 0 aliphatic carbocycles. The van der Waals surface area contributed by atoms with Gasteiger partial charge >= 0.3 is 248 Å². The molecule has 0 aromatic rings. The fourth-order valence-electron chi connectivity index (χ4n) is 0. The zero-order chi connectivity index (χ0) is 12.6. The minimum absolute atomic E-state index is 0. The van der Waals surface area contributed by atoms with Crippen LogP contribution in [0.5, 0.6) is 0 Å². The average Bonchev–Trinajstić information content (AvgIpc) is 1.45.